The van der Waals surface area contributed by atoms with E-state index in [1.165, 1.54) is 4.57 Å². The Morgan fingerprint density at radius 3 is 2.52 bits per heavy atom. The van der Waals surface area contributed by atoms with Gasteiger partial charge >= 0.3 is 6.18 Å². The van der Waals surface area contributed by atoms with Crippen LogP contribution in [0.4, 0.5) is 17.6 Å². The van der Waals surface area contributed by atoms with Gasteiger partial charge in [0.2, 0.25) is 17.8 Å². The zero-order valence-corrected chi connectivity index (χ0v) is 12.1. The molecule has 0 bridgehead atoms. The molecular weight excluding hydrogens is 314 g/mol. The van der Waals surface area contributed by atoms with E-state index in [0.29, 0.717) is 5.52 Å². The molecule has 0 radical (unpaired) electrons. The minimum atomic E-state index is -4.94. The second-order valence-corrected chi connectivity index (χ2v) is 4.89. The molecule has 0 N–H and O–H groups in total. The van der Waals surface area contributed by atoms with Crippen LogP contribution in [-0.4, -0.2) is 21.6 Å². The molecule has 0 aliphatic carbocycles. The maximum Gasteiger partial charge on any atom is 0.426 e. The van der Waals surface area contributed by atoms with Crippen molar-refractivity contribution in [3.63, 3.8) is 0 Å². The number of hydrogen-bond donors (Lipinski definition) is 0. The lowest BCUT2D eigenvalue weighted by Gasteiger charge is -2.13. The number of alkyl halides is 3. The summed E-state index contributed by atoms with van der Waals surface area (Å²) in [5.74, 6) is -2.75. The van der Waals surface area contributed by atoms with E-state index in [2.05, 4.69) is 14.7 Å². The number of halogens is 4. The Kier molecular flexibility index (Phi) is 3.46. The van der Waals surface area contributed by atoms with Crippen molar-refractivity contribution < 1.29 is 22.3 Å². The van der Waals surface area contributed by atoms with Crippen molar-refractivity contribution in [3.05, 3.63) is 47.5 Å². The van der Waals surface area contributed by atoms with Crippen LogP contribution in [0.1, 0.15) is 11.1 Å². The summed E-state index contributed by atoms with van der Waals surface area (Å²) >= 11 is 0. The fourth-order valence-electron chi connectivity index (χ4n) is 2.39. The highest BCUT2D eigenvalue weighted by molar-refractivity contribution is 5.84. The van der Waals surface area contributed by atoms with Crippen LogP contribution in [0.3, 0.4) is 0 Å². The van der Waals surface area contributed by atoms with Crippen LogP contribution in [-0.2, 0) is 6.18 Å². The van der Waals surface area contributed by atoms with Crippen molar-refractivity contribution in [2.75, 3.05) is 7.11 Å². The first-order chi connectivity index (χ1) is 10.8. The SMILES string of the molecule is COc1nc(-n2ccc3c(C)cccc32)nc(F)c1C(F)(F)F. The fraction of sp³-hybridized carbons (Fsp3) is 0.200. The molecular formula is C15H11F4N3O. The van der Waals surface area contributed by atoms with Gasteiger partial charge in [-0.25, -0.2) is 0 Å². The summed E-state index contributed by atoms with van der Waals surface area (Å²) in [5, 5.41) is 0.871. The molecule has 3 rings (SSSR count). The zero-order chi connectivity index (χ0) is 16.8. The van der Waals surface area contributed by atoms with E-state index in [1.807, 2.05) is 13.0 Å². The first-order valence-electron chi connectivity index (χ1n) is 6.58. The Balaban J connectivity index is 2.24. The summed E-state index contributed by atoms with van der Waals surface area (Å²) in [6, 6.07) is 7.18. The first kappa shape index (κ1) is 15.3. The van der Waals surface area contributed by atoms with Gasteiger partial charge in [0.15, 0.2) is 5.56 Å². The van der Waals surface area contributed by atoms with Crippen LogP contribution in [0.5, 0.6) is 5.88 Å². The number of nitrogens with zero attached hydrogens (tertiary/aromatic N) is 3. The number of aryl methyl sites for hydroxylation is 1. The third-order valence-corrected chi connectivity index (χ3v) is 3.46. The maximum absolute atomic E-state index is 13.9. The van der Waals surface area contributed by atoms with Gasteiger partial charge in [0.25, 0.3) is 0 Å². The first-order valence-corrected chi connectivity index (χ1v) is 6.58. The van der Waals surface area contributed by atoms with E-state index in [1.54, 1.807) is 24.4 Å². The Morgan fingerprint density at radius 2 is 1.87 bits per heavy atom. The highest BCUT2D eigenvalue weighted by Gasteiger charge is 2.40. The monoisotopic (exact) mass is 325 g/mol. The van der Waals surface area contributed by atoms with E-state index in [-0.39, 0.29) is 5.95 Å². The van der Waals surface area contributed by atoms with Crippen molar-refractivity contribution in [1.82, 2.24) is 14.5 Å². The van der Waals surface area contributed by atoms with Gasteiger partial charge in [0, 0.05) is 11.6 Å². The van der Waals surface area contributed by atoms with E-state index < -0.39 is 23.6 Å². The Hall–Kier alpha value is -2.64. The van der Waals surface area contributed by atoms with Crippen molar-refractivity contribution in [2.45, 2.75) is 13.1 Å². The van der Waals surface area contributed by atoms with Gasteiger partial charge in [0.1, 0.15) is 0 Å². The summed E-state index contributed by atoms with van der Waals surface area (Å²) in [7, 11) is 0.999. The van der Waals surface area contributed by atoms with E-state index in [9.17, 15) is 17.6 Å². The number of aromatic nitrogens is 3. The molecule has 0 spiro atoms. The fourth-order valence-corrected chi connectivity index (χ4v) is 2.39. The average Bonchev–Trinajstić information content (AvgIpc) is 2.90. The lowest BCUT2D eigenvalue weighted by Crippen LogP contribution is -2.15. The van der Waals surface area contributed by atoms with Gasteiger partial charge in [-0.15, -0.1) is 0 Å². The smallest absolute Gasteiger partial charge is 0.426 e. The molecule has 0 aliphatic heterocycles. The summed E-state index contributed by atoms with van der Waals surface area (Å²) in [6.07, 6.45) is -3.37. The second-order valence-electron chi connectivity index (χ2n) is 4.89. The van der Waals surface area contributed by atoms with Crippen molar-refractivity contribution in [2.24, 2.45) is 0 Å². The normalized spacial score (nSPS) is 11.9. The number of methoxy groups -OCH3 is 1. The standard InChI is InChI=1S/C15H11F4N3O/c1-8-4-3-5-10-9(8)6-7-22(10)14-20-12(16)11(15(17,18)19)13(21-14)23-2/h3-7H,1-2H3. The van der Waals surface area contributed by atoms with Crippen molar-refractivity contribution >= 4 is 10.9 Å². The van der Waals surface area contributed by atoms with E-state index in [0.717, 1.165) is 18.1 Å². The molecule has 0 fully saturated rings. The summed E-state index contributed by atoms with van der Waals surface area (Å²) in [4.78, 5) is 7.07. The van der Waals surface area contributed by atoms with E-state index >= 15 is 0 Å². The van der Waals surface area contributed by atoms with Gasteiger partial charge in [-0.3, -0.25) is 4.57 Å². The maximum atomic E-state index is 13.9. The van der Waals surface area contributed by atoms with Crippen LogP contribution in [0.25, 0.3) is 16.9 Å². The summed E-state index contributed by atoms with van der Waals surface area (Å²) in [5.41, 5.74) is 0.0169. The Morgan fingerprint density at radius 1 is 1.13 bits per heavy atom. The molecule has 120 valence electrons. The van der Waals surface area contributed by atoms with Crippen LogP contribution in [0.2, 0.25) is 0 Å². The average molecular weight is 325 g/mol. The Bertz CT molecular complexity index is 886. The molecule has 1 aromatic carbocycles. The Labute approximate surface area is 128 Å². The molecule has 0 amide bonds. The largest absolute Gasteiger partial charge is 0.480 e. The highest BCUT2D eigenvalue weighted by Crippen LogP contribution is 2.37. The molecule has 4 nitrogen and oxygen atoms in total. The molecule has 0 saturated carbocycles. The molecule has 23 heavy (non-hydrogen) atoms. The predicted molar refractivity (Wildman–Crippen MR) is 75.1 cm³/mol. The minimum absolute atomic E-state index is 0.229. The van der Waals surface area contributed by atoms with Gasteiger partial charge in [0.05, 0.1) is 12.6 Å². The summed E-state index contributed by atoms with van der Waals surface area (Å²) in [6.45, 7) is 1.89. The highest BCUT2D eigenvalue weighted by atomic mass is 19.4. The van der Waals surface area contributed by atoms with Gasteiger partial charge in [-0.1, -0.05) is 12.1 Å². The van der Waals surface area contributed by atoms with E-state index in [4.69, 9.17) is 0 Å². The number of ether oxygens (including phenoxy) is 1. The molecule has 8 heteroatoms. The molecule has 0 saturated heterocycles. The topological polar surface area (TPSA) is 39.9 Å². The van der Waals surface area contributed by atoms with Crippen LogP contribution < -0.4 is 4.74 Å². The van der Waals surface area contributed by atoms with Gasteiger partial charge < -0.3 is 4.74 Å². The predicted octanol–water partition coefficient (Wildman–Crippen LogP) is 3.90. The van der Waals surface area contributed by atoms with Crippen LogP contribution in [0.15, 0.2) is 30.5 Å². The number of benzene rings is 1. The molecule has 3 aromatic rings. The minimum Gasteiger partial charge on any atom is -0.480 e. The third kappa shape index (κ3) is 2.49. The quantitative estimate of drug-likeness (QED) is 0.530. The third-order valence-electron chi connectivity index (χ3n) is 3.46. The van der Waals surface area contributed by atoms with Crippen LogP contribution >= 0.6 is 0 Å². The van der Waals surface area contributed by atoms with Crippen molar-refractivity contribution in [1.29, 1.82) is 0 Å². The van der Waals surface area contributed by atoms with Crippen LogP contribution in [0, 0.1) is 12.9 Å². The molecule has 0 aliphatic rings. The molecule has 2 aromatic heterocycles. The molecule has 2 heterocycles. The second kappa shape index (κ2) is 5.22. The number of hydrogen-bond acceptors (Lipinski definition) is 3. The lowest BCUT2D eigenvalue weighted by molar-refractivity contribution is -0.142. The zero-order valence-electron chi connectivity index (χ0n) is 12.1. The van der Waals surface area contributed by atoms with Gasteiger partial charge in [-0.05, 0) is 24.6 Å². The lowest BCUT2D eigenvalue weighted by atomic mass is 10.1. The summed E-state index contributed by atoms with van der Waals surface area (Å²) < 4.78 is 58.5. The number of fused-ring (bicyclic) bond motifs is 1. The molecule has 0 unspecified atom stereocenters. The molecule has 0 atom stereocenters. The van der Waals surface area contributed by atoms with Gasteiger partial charge in [-0.2, -0.15) is 27.5 Å². The van der Waals surface area contributed by atoms with Crippen molar-refractivity contribution in [3.8, 4) is 11.8 Å². The number of rotatable bonds is 2.